The third-order valence-electron chi connectivity index (χ3n) is 7.08. The fraction of sp³-hybridized carbons (Fsp3) is 0.522. The predicted octanol–water partition coefficient (Wildman–Crippen LogP) is 2.73. The molecular formula is C23H27N3O4. The smallest absolute Gasteiger partial charge is 0.337 e. The number of nitriles is 1. The number of ketones is 1. The average molecular weight is 409 g/mol. The number of carbonyl (C=O) groups excluding carboxylic acids is 2. The molecule has 3 heterocycles. The second kappa shape index (κ2) is 7.77. The van der Waals surface area contributed by atoms with E-state index in [9.17, 15) is 14.9 Å². The van der Waals surface area contributed by atoms with E-state index < -0.39 is 5.54 Å². The minimum absolute atomic E-state index is 0.00816. The van der Waals surface area contributed by atoms with E-state index >= 15 is 0 Å². The van der Waals surface area contributed by atoms with Gasteiger partial charge in [-0.1, -0.05) is 19.4 Å². The van der Waals surface area contributed by atoms with Crippen molar-refractivity contribution in [3.63, 3.8) is 0 Å². The van der Waals surface area contributed by atoms with Crippen LogP contribution in [0.5, 0.6) is 0 Å². The van der Waals surface area contributed by atoms with E-state index in [1.54, 1.807) is 12.1 Å². The lowest BCUT2D eigenvalue weighted by atomic mass is 9.72. The van der Waals surface area contributed by atoms with Crippen LogP contribution >= 0.6 is 0 Å². The molecule has 0 aliphatic carbocycles. The highest BCUT2D eigenvalue weighted by atomic mass is 16.5. The quantitative estimate of drug-likeness (QED) is 0.464. The Morgan fingerprint density at radius 3 is 2.90 bits per heavy atom. The summed E-state index contributed by atoms with van der Waals surface area (Å²) in [5, 5.41) is 13.0. The number of Topliss-reactive ketones (excluding diaryl/α,β-unsaturated/α-hetero) is 1. The molecule has 4 atom stereocenters. The van der Waals surface area contributed by atoms with Crippen molar-refractivity contribution in [2.24, 2.45) is 11.8 Å². The highest BCUT2D eigenvalue weighted by molar-refractivity contribution is 6.15. The van der Waals surface area contributed by atoms with Crippen LogP contribution < -0.4 is 5.32 Å². The number of esters is 1. The van der Waals surface area contributed by atoms with Gasteiger partial charge >= 0.3 is 5.97 Å². The standard InChI is InChI=1S/C23H27N3O4/c1-4-14-12-26-9-8-23(19(26)10-16(14)17(13-29-2)22(28)30-3)21(27)20-15(11-24)6-5-7-18(20)25-23/h5-7,13-14,16,19,25H,4,8-10,12H2,1-3H3/t14-,16+,19?,23+/m1/s1. The number of anilines is 1. The molecule has 7 heteroatoms. The average Bonchev–Trinajstić information content (AvgIpc) is 3.28. The second-order valence-electron chi connectivity index (χ2n) is 8.34. The first-order valence-electron chi connectivity index (χ1n) is 10.4. The van der Waals surface area contributed by atoms with Gasteiger partial charge in [-0.3, -0.25) is 9.69 Å². The van der Waals surface area contributed by atoms with Crippen LogP contribution in [0.4, 0.5) is 5.69 Å². The molecule has 0 saturated carbocycles. The molecule has 4 rings (SSSR count). The number of rotatable bonds is 4. The van der Waals surface area contributed by atoms with E-state index in [2.05, 4.69) is 23.2 Å². The van der Waals surface area contributed by atoms with Gasteiger partial charge in [0.15, 0.2) is 5.78 Å². The summed E-state index contributed by atoms with van der Waals surface area (Å²) in [6.07, 6.45) is 3.74. The van der Waals surface area contributed by atoms with E-state index in [4.69, 9.17) is 9.47 Å². The first-order valence-corrected chi connectivity index (χ1v) is 10.4. The second-order valence-corrected chi connectivity index (χ2v) is 8.34. The number of nitrogens with zero attached hydrogens (tertiary/aromatic N) is 2. The molecule has 7 nitrogen and oxygen atoms in total. The maximum atomic E-state index is 13.6. The summed E-state index contributed by atoms with van der Waals surface area (Å²) < 4.78 is 10.2. The molecule has 1 spiro atoms. The van der Waals surface area contributed by atoms with Crippen LogP contribution in [0.2, 0.25) is 0 Å². The molecule has 1 unspecified atom stereocenters. The Bertz CT molecular complexity index is 950. The Morgan fingerprint density at radius 2 is 2.23 bits per heavy atom. The zero-order valence-corrected chi connectivity index (χ0v) is 17.6. The van der Waals surface area contributed by atoms with Gasteiger partial charge in [-0.25, -0.2) is 4.79 Å². The summed E-state index contributed by atoms with van der Waals surface area (Å²) in [6.45, 7) is 3.74. The molecule has 2 fully saturated rings. The lowest BCUT2D eigenvalue weighted by Crippen LogP contribution is -2.57. The van der Waals surface area contributed by atoms with Gasteiger partial charge in [0.25, 0.3) is 0 Å². The van der Waals surface area contributed by atoms with E-state index in [-0.39, 0.29) is 29.6 Å². The van der Waals surface area contributed by atoms with Crippen molar-refractivity contribution in [3.8, 4) is 6.07 Å². The van der Waals surface area contributed by atoms with E-state index in [1.165, 1.54) is 20.5 Å². The Hall–Kier alpha value is -2.85. The molecule has 0 amide bonds. The fourth-order valence-electron chi connectivity index (χ4n) is 5.64. The third-order valence-corrected chi connectivity index (χ3v) is 7.08. The minimum atomic E-state index is -0.763. The molecule has 1 aromatic carbocycles. The molecule has 0 bridgehead atoms. The van der Waals surface area contributed by atoms with Crippen molar-refractivity contribution in [3.05, 3.63) is 41.2 Å². The monoisotopic (exact) mass is 409 g/mol. The number of fused-ring (bicyclic) bond motifs is 3. The lowest BCUT2D eigenvalue weighted by Gasteiger charge is -2.45. The Morgan fingerprint density at radius 1 is 1.43 bits per heavy atom. The SMILES string of the molecule is CC[C@@H]1CN2CC[C@]3(Nc4cccc(C#N)c4C3=O)C2C[C@@H]1C(=COC)C(=O)OC. The van der Waals surface area contributed by atoms with Crippen LogP contribution in [-0.4, -0.2) is 55.5 Å². The van der Waals surface area contributed by atoms with E-state index in [1.807, 2.05) is 6.07 Å². The molecule has 30 heavy (non-hydrogen) atoms. The topological polar surface area (TPSA) is 91.7 Å². The van der Waals surface area contributed by atoms with Crippen molar-refractivity contribution in [2.45, 2.75) is 37.8 Å². The summed E-state index contributed by atoms with van der Waals surface area (Å²) in [6, 6.07) is 7.45. The van der Waals surface area contributed by atoms with Gasteiger partial charge in [0.2, 0.25) is 0 Å². The molecule has 3 aliphatic rings. The number of benzene rings is 1. The summed E-state index contributed by atoms with van der Waals surface area (Å²) >= 11 is 0. The number of hydrogen-bond donors (Lipinski definition) is 1. The zero-order chi connectivity index (χ0) is 21.5. The molecular weight excluding hydrogens is 382 g/mol. The van der Waals surface area contributed by atoms with Crippen molar-refractivity contribution < 1.29 is 19.1 Å². The largest absolute Gasteiger partial charge is 0.504 e. The summed E-state index contributed by atoms with van der Waals surface area (Å²) in [5.74, 6) is -0.189. The first kappa shape index (κ1) is 20.4. The minimum Gasteiger partial charge on any atom is -0.504 e. The predicted molar refractivity (Wildman–Crippen MR) is 111 cm³/mol. The van der Waals surface area contributed by atoms with Gasteiger partial charge in [0, 0.05) is 24.8 Å². The third kappa shape index (κ3) is 2.90. The van der Waals surface area contributed by atoms with Crippen LogP contribution in [0.1, 0.15) is 42.1 Å². The van der Waals surface area contributed by atoms with Crippen molar-refractivity contribution in [1.29, 1.82) is 5.26 Å². The van der Waals surface area contributed by atoms with Crippen LogP contribution in [0.3, 0.4) is 0 Å². The van der Waals surface area contributed by atoms with Gasteiger partial charge in [-0.2, -0.15) is 5.26 Å². The molecule has 1 N–H and O–H groups in total. The zero-order valence-electron chi connectivity index (χ0n) is 17.6. The number of nitrogens with one attached hydrogen (secondary N) is 1. The van der Waals surface area contributed by atoms with Crippen molar-refractivity contribution in [2.75, 3.05) is 32.6 Å². The maximum Gasteiger partial charge on any atom is 0.337 e. The molecule has 2 saturated heterocycles. The maximum absolute atomic E-state index is 13.6. The fourth-order valence-corrected chi connectivity index (χ4v) is 5.64. The Labute approximate surface area is 176 Å². The molecule has 158 valence electrons. The number of hydrogen-bond acceptors (Lipinski definition) is 7. The van der Waals surface area contributed by atoms with E-state index in [0.717, 1.165) is 25.2 Å². The molecule has 0 aromatic heterocycles. The normalized spacial score (nSPS) is 30.4. The lowest BCUT2D eigenvalue weighted by molar-refractivity contribution is -0.137. The summed E-state index contributed by atoms with van der Waals surface area (Å²) in [4.78, 5) is 28.5. The Balaban J connectivity index is 1.71. The van der Waals surface area contributed by atoms with Gasteiger partial charge < -0.3 is 14.8 Å². The van der Waals surface area contributed by atoms with Crippen LogP contribution in [0.25, 0.3) is 0 Å². The number of carbonyl (C=O) groups is 2. The molecule has 1 aromatic rings. The summed E-state index contributed by atoms with van der Waals surface area (Å²) in [5.41, 5.74) is 1.40. The van der Waals surface area contributed by atoms with Crippen molar-refractivity contribution in [1.82, 2.24) is 4.90 Å². The highest BCUT2D eigenvalue weighted by Crippen LogP contribution is 2.49. The molecule has 0 radical (unpaired) electrons. The van der Waals surface area contributed by atoms with Crippen LogP contribution in [-0.2, 0) is 14.3 Å². The number of piperidine rings is 1. The van der Waals surface area contributed by atoms with Gasteiger partial charge in [-0.15, -0.1) is 0 Å². The van der Waals surface area contributed by atoms with Gasteiger partial charge in [0.05, 0.1) is 43.3 Å². The Kier molecular flexibility index (Phi) is 5.29. The number of ether oxygens (including phenoxy) is 2. The van der Waals surface area contributed by atoms with Crippen molar-refractivity contribution >= 4 is 17.4 Å². The summed E-state index contributed by atoms with van der Waals surface area (Å²) in [7, 11) is 2.90. The van der Waals surface area contributed by atoms with Crippen LogP contribution in [0, 0.1) is 23.2 Å². The highest BCUT2D eigenvalue weighted by Gasteiger charge is 2.59. The van der Waals surface area contributed by atoms with Gasteiger partial charge in [-0.05, 0) is 36.8 Å². The van der Waals surface area contributed by atoms with Crippen LogP contribution in [0.15, 0.2) is 30.0 Å². The first-order chi connectivity index (χ1) is 14.5. The van der Waals surface area contributed by atoms with E-state index in [0.29, 0.717) is 29.5 Å². The molecule has 3 aliphatic heterocycles. The van der Waals surface area contributed by atoms with Gasteiger partial charge in [0.1, 0.15) is 5.54 Å². The number of methoxy groups -OCH3 is 2.